The van der Waals surface area contributed by atoms with Crippen LogP contribution in [0.15, 0.2) is 11.6 Å². The van der Waals surface area contributed by atoms with E-state index in [9.17, 15) is 34.2 Å². The standard InChI is InChI=1S/C28H39NO9/c1-15(25(35)36)29-22(33)6-7-23(34)38-14-21(32)28(37)11-9-19-18-5-4-16-12-17(30)8-10-26(16,2)24(18)20(31)13-27(19,28)3/h12,15,18-20,24,31,37H,4-11,13-14H2,1-3H3,(H,29,33)(H,35,36)/t15?,18?,19?,20?,24?,26-,27-,28-/m0/s1. The van der Waals surface area contributed by atoms with Gasteiger partial charge in [-0.2, -0.15) is 0 Å². The first-order valence-electron chi connectivity index (χ1n) is 13.6. The number of carbonyl (C=O) groups is 5. The molecule has 0 aliphatic heterocycles. The molecule has 0 aromatic carbocycles. The molecule has 4 aliphatic rings. The number of aliphatic hydroxyl groups excluding tert-OH is 1. The van der Waals surface area contributed by atoms with Crippen molar-refractivity contribution >= 4 is 29.4 Å². The molecule has 0 aromatic heterocycles. The average molecular weight is 534 g/mol. The molecule has 0 aromatic rings. The molecule has 3 fully saturated rings. The molecule has 0 radical (unpaired) electrons. The molecule has 210 valence electrons. The van der Waals surface area contributed by atoms with Crippen molar-refractivity contribution in [2.24, 2.45) is 28.6 Å². The number of aliphatic hydroxyl groups is 2. The lowest BCUT2D eigenvalue weighted by molar-refractivity contribution is -0.184. The van der Waals surface area contributed by atoms with E-state index in [1.807, 2.05) is 6.92 Å². The van der Waals surface area contributed by atoms with Crippen molar-refractivity contribution in [1.29, 1.82) is 0 Å². The zero-order chi connectivity index (χ0) is 28.0. The van der Waals surface area contributed by atoms with Gasteiger partial charge in [0.25, 0.3) is 0 Å². The van der Waals surface area contributed by atoms with Gasteiger partial charge in [-0.15, -0.1) is 0 Å². The Morgan fingerprint density at radius 2 is 1.84 bits per heavy atom. The number of carboxylic acids is 1. The van der Waals surface area contributed by atoms with Crippen LogP contribution >= 0.6 is 0 Å². The van der Waals surface area contributed by atoms with E-state index in [1.165, 1.54) is 6.92 Å². The van der Waals surface area contributed by atoms with Crippen LogP contribution in [0.5, 0.6) is 0 Å². The molecule has 8 atom stereocenters. The molecule has 0 bridgehead atoms. The smallest absolute Gasteiger partial charge is 0.325 e. The Hall–Kier alpha value is -2.59. The summed E-state index contributed by atoms with van der Waals surface area (Å²) in [6, 6.07) is -1.09. The lowest BCUT2D eigenvalue weighted by Crippen LogP contribution is -2.62. The maximum absolute atomic E-state index is 13.3. The number of aliphatic carboxylic acids is 1. The molecule has 0 saturated heterocycles. The molecular formula is C28H39NO9. The normalized spacial score (nSPS) is 38.7. The Morgan fingerprint density at radius 3 is 2.53 bits per heavy atom. The van der Waals surface area contributed by atoms with Gasteiger partial charge in [0.15, 0.2) is 12.4 Å². The number of ketones is 2. The second kappa shape index (κ2) is 10.2. The number of rotatable bonds is 8. The number of allylic oxidation sites excluding steroid dienone is 1. The number of hydrogen-bond donors (Lipinski definition) is 4. The molecule has 0 spiro atoms. The number of nitrogens with one attached hydrogen (secondary N) is 1. The van der Waals surface area contributed by atoms with Gasteiger partial charge in [0.1, 0.15) is 11.6 Å². The average Bonchev–Trinajstić information content (AvgIpc) is 3.12. The lowest BCUT2D eigenvalue weighted by Gasteiger charge is -2.60. The summed E-state index contributed by atoms with van der Waals surface area (Å²) < 4.78 is 5.09. The fourth-order valence-corrected chi connectivity index (χ4v) is 8.08. The van der Waals surface area contributed by atoms with Gasteiger partial charge in [-0.05, 0) is 74.7 Å². The number of Topliss-reactive ketones (excluding diaryl/α,β-unsaturated/α-hetero) is 1. The summed E-state index contributed by atoms with van der Waals surface area (Å²) in [4.78, 5) is 60.1. The van der Waals surface area contributed by atoms with Gasteiger partial charge in [-0.1, -0.05) is 19.4 Å². The zero-order valence-electron chi connectivity index (χ0n) is 22.3. The number of carbonyl (C=O) groups excluding carboxylic acids is 4. The van der Waals surface area contributed by atoms with Crippen LogP contribution in [0.3, 0.4) is 0 Å². The summed E-state index contributed by atoms with van der Waals surface area (Å²) in [6.07, 6.45) is 4.21. The first kappa shape index (κ1) is 28.4. The molecular weight excluding hydrogens is 494 g/mol. The molecule has 4 rings (SSSR count). The quantitative estimate of drug-likeness (QED) is 0.340. The molecule has 10 heteroatoms. The third kappa shape index (κ3) is 4.70. The highest BCUT2D eigenvalue weighted by molar-refractivity contribution is 5.92. The predicted octanol–water partition coefficient (Wildman–Crippen LogP) is 1.70. The number of hydrogen-bond acceptors (Lipinski definition) is 8. The number of amides is 1. The lowest BCUT2D eigenvalue weighted by atomic mass is 9.45. The maximum atomic E-state index is 13.3. The molecule has 5 unspecified atom stereocenters. The third-order valence-electron chi connectivity index (χ3n) is 10.2. The Balaban J connectivity index is 1.40. The highest BCUT2D eigenvalue weighted by atomic mass is 16.5. The van der Waals surface area contributed by atoms with Crippen molar-refractivity contribution in [3.05, 3.63) is 11.6 Å². The molecule has 3 saturated carbocycles. The third-order valence-corrected chi connectivity index (χ3v) is 10.2. The van der Waals surface area contributed by atoms with Gasteiger partial charge < -0.3 is 25.4 Å². The minimum Gasteiger partial charge on any atom is -0.480 e. The summed E-state index contributed by atoms with van der Waals surface area (Å²) >= 11 is 0. The van der Waals surface area contributed by atoms with E-state index in [0.717, 1.165) is 18.4 Å². The van der Waals surface area contributed by atoms with Gasteiger partial charge >= 0.3 is 11.9 Å². The number of ether oxygens (including phenoxy) is 1. The van der Waals surface area contributed by atoms with Crippen LogP contribution in [-0.2, 0) is 28.7 Å². The number of carboxylic acid groups (broad SMARTS) is 1. The molecule has 4 aliphatic carbocycles. The van der Waals surface area contributed by atoms with Crippen LogP contribution < -0.4 is 5.32 Å². The van der Waals surface area contributed by atoms with E-state index in [2.05, 4.69) is 12.2 Å². The van der Waals surface area contributed by atoms with Crippen molar-refractivity contribution in [1.82, 2.24) is 5.32 Å². The van der Waals surface area contributed by atoms with Crippen LogP contribution in [-0.4, -0.2) is 69.1 Å². The van der Waals surface area contributed by atoms with E-state index >= 15 is 0 Å². The summed E-state index contributed by atoms with van der Waals surface area (Å²) in [7, 11) is 0. The maximum Gasteiger partial charge on any atom is 0.325 e. The van der Waals surface area contributed by atoms with Crippen molar-refractivity contribution < 1.29 is 44.0 Å². The zero-order valence-corrected chi connectivity index (χ0v) is 22.3. The molecule has 1 amide bonds. The minimum absolute atomic E-state index is 0.0106. The summed E-state index contributed by atoms with van der Waals surface area (Å²) in [6.45, 7) is 4.66. The second-order valence-electron chi connectivity index (χ2n) is 12.2. The minimum atomic E-state index is -1.75. The van der Waals surface area contributed by atoms with Crippen molar-refractivity contribution in [3.8, 4) is 0 Å². The van der Waals surface area contributed by atoms with E-state index in [0.29, 0.717) is 19.3 Å². The number of fused-ring (bicyclic) bond motifs is 5. The van der Waals surface area contributed by atoms with Crippen molar-refractivity contribution in [2.75, 3.05) is 6.61 Å². The second-order valence-corrected chi connectivity index (χ2v) is 12.2. The van der Waals surface area contributed by atoms with Gasteiger partial charge in [0.05, 0.1) is 12.5 Å². The van der Waals surface area contributed by atoms with Crippen molar-refractivity contribution in [3.63, 3.8) is 0 Å². The summed E-state index contributed by atoms with van der Waals surface area (Å²) in [5.74, 6) is -3.02. The SMILES string of the molecule is CC(NC(=O)CCC(=O)OCC(=O)[C@@]1(O)CCC2C3CCC4=CC(=O)CC[C@]4(C)C3C(O)C[C@@]21C)C(=O)O. The first-order chi connectivity index (χ1) is 17.7. The van der Waals surface area contributed by atoms with E-state index in [-0.39, 0.29) is 54.6 Å². The monoisotopic (exact) mass is 533 g/mol. The van der Waals surface area contributed by atoms with E-state index in [4.69, 9.17) is 9.84 Å². The molecule has 38 heavy (non-hydrogen) atoms. The van der Waals surface area contributed by atoms with Crippen LogP contribution in [0, 0.1) is 28.6 Å². The van der Waals surface area contributed by atoms with Crippen LogP contribution in [0.1, 0.15) is 78.6 Å². The van der Waals surface area contributed by atoms with Crippen LogP contribution in [0.2, 0.25) is 0 Å². The Labute approximate surface area is 222 Å². The highest BCUT2D eigenvalue weighted by Gasteiger charge is 2.68. The Morgan fingerprint density at radius 1 is 1.13 bits per heavy atom. The first-order valence-corrected chi connectivity index (χ1v) is 13.6. The van der Waals surface area contributed by atoms with Gasteiger partial charge in [0, 0.05) is 18.3 Å². The van der Waals surface area contributed by atoms with Crippen LogP contribution in [0.4, 0.5) is 0 Å². The van der Waals surface area contributed by atoms with Crippen LogP contribution in [0.25, 0.3) is 0 Å². The number of esters is 1. The fourth-order valence-electron chi connectivity index (χ4n) is 8.08. The Kier molecular flexibility index (Phi) is 7.62. The highest BCUT2D eigenvalue weighted by Crippen LogP contribution is 2.67. The van der Waals surface area contributed by atoms with Gasteiger partial charge in [-0.25, -0.2) is 0 Å². The molecule has 0 heterocycles. The van der Waals surface area contributed by atoms with Gasteiger partial charge in [0.2, 0.25) is 11.7 Å². The topological polar surface area (TPSA) is 167 Å². The summed E-state index contributed by atoms with van der Waals surface area (Å²) in [5, 5.41) is 34.2. The summed E-state index contributed by atoms with van der Waals surface area (Å²) in [5.41, 5.74) is -1.80. The van der Waals surface area contributed by atoms with E-state index in [1.54, 1.807) is 6.08 Å². The largest absolute Gasteiger partial charge is 0.480 e. The molecule has 4 N–H and O–H groups in total. The predicted molar refractivity (Wildman–Crippen MR) is 133 cm³/mol. The van der Waals surface area contributed by atoms with Gasteiger partial charge in [-0.3, -0.25) is 24.0 Å². The fraction of sp³-hybridized carbons (Fsp3) is 0.750. The van der Waals surface area contributed by atoms with E-state index < -0.39 is 53.4 Å². The molecule has 10 nitrogen and oxygen atoms in total. The van der Waals surface area contributed by atoms with Crippen molar-refractivity contribution in [2.45, 2.75) is 96.3 Å². The Bertz CT molecular complexity index is 1070.